The summed E-state index contributed by atoms with van der Waals surface area (Å²) in [4.78, 5) is 15.7. The van der Waals surface area contributed by atoms with Crippen molar-refractivity contribution in [2.75, 3.05) is 0 Å². The molecule has 0 aliphatic heterocycles. The van der Waals surface area contributed by atoms with E-state index in [9.17, 15) is 4.79 Å². The van der Waals surface area contributed by atoms with E-state index in [1.54, 1.807) is 0 Å². The Labute approximate surface area is 127 Å². The molecule has 0 bridgehead atoms. The molecule has 4 heteroatoms. The van der Waals surface area contributed by atoms with E-state index in [2.05, 4.69) is 4.98 Å². The molecule has 0 fully saturated rings. The lowest BCUT2D eigenvalue weighted by Crippen LogP contribution is -2.09. The van der Waals surface area contributed by atoms with Crippen molar-refractivity contribution >= 4 is 27.9 Å². The smallest absolute Gasteiger partial charge is 0.404 e. The van der Waals surface area contributed by atoms with Gasteiger partial charge in [-0.05, 0) is 17.7 Å². The first kappa shape index (κ1) is 13.6. The van der Waals surface area contributed by atoms with Crippen LogP contribution >= 0.6 is 11.6 Å². The number of hydrogen-bond donors (Lipinski definition) is 0. The van der Waals surface area contributed by atoms with Gasteiger partial charge in [-0.1, -0.05) is 54.6 Å². The van der Waals surface area contributed by atoms with Gasteiger partial charge in [-0.3, -0.25) is 0 Å². The highest BCUT2D eigenvalue weighted by molar-refractivity contribution is 6.61. The third-order valence-corrected chi connectivity index (χ3v) is 3.29. The van der Waals surface area contributed by atoms with Crippen LogP contribution in [0.15, 0.2) is 66.7 Å². The van der Waals surface area contributed by atoms with Crippen LogP contribution in [0.25, 0.3) is 10.9 Å². The highest BCUT2D eigenvalue weighted by Crippen LogP contribution is 2.27. The fourth-order valence-corrected chi connectivity index (χ4v) is 2.34. The van der Waals surface area contributed by atoms with Crippen LogP contribution in [0.3, 0.4) is 0 Å². The summed E-state index contributed by atoms with van der Waals surface area (Å²) in [5.41, 5.74) is 1.48. The van der Waals surface area contributed by atoms with Crippen LogP contribution in [0.2, 0.25) is 0 Å². The number of ether oxygens (including phenoxy) is 1. The summed E-state index contributed by atoms with van der Waals surface area (Å²) in [6, 6.07) is 21.0. The minimum Gasteiger partial charge on any atom is -0.439 e. The van der Waals surface area contributed by atoms with Crippen LogP contribution in [0.5, 0.6) is 0 Å². The molecule has 2 aromatic carbocycles. The molecule has 1 aromatic heterocycles. The van der Waals surface area contributed by atoms with E-state index in [-0.39, 0.29) is 0 Å². The van der Waals surface area contributed by atoms with E-state index < -0.39 is 11.5 Å². The van der Waals surface area contributed by atoms with Crippen molar-refractivity contribution in [2.24, 2.45) is 0 Å². The van der Waals surface area contributed by atoms with Crippen molar-refractivity contribution in [3.63, 3.8) is 0 Å². The van der Waals surface area contributed by atoms with Gasteiger partial charge in [0.15, 0.2) is 6.10 Å². The molecule has 1 atom stereocenters. The summed E-state index contributed by atoms with van der Waals surface area (Å²) in [5.74, 6) is 0. The molecule has 0 radical (unpaired) electrons. The lowest BCUT2D eigenvalue weighted by Gasteiger charge is -2.16. The molecule has 0 amide bonds. The number of benzene rings is 2. The van der Waals surface area contributed by atoms with Crippen molar-refractivity contribution in [1.29, 1.82) is 0 Å². The number of aromatic nitrogens is 1. The Morgan fingerprint density at radius 2 is 1.67 bits per heavy atom. The average Bonchev–Trinajstić information content (AvgIpc) is 2.53. The fraction of sp³-hybridized carbons (Fsp3) is 0.0588. The van der Waals surface area contributed by atoms with Gasteiger partial charge < -0.3 is 4.74 Å². The van der Waals surface area contributed by atoms with Gasteiger partial charge >= 0.3 is 5.43 Å². The monoisotopic (exact) mass is 297 g/mol. The predicted molar refractivity (Wildman–Crippen MR) is 82.4 cm³/mol. The van der Waals surface area contributed by atoms with Crippen LogP contribution in [0.4, 0.5) is 4.79 Å². The minimum atomic E-state index is -0.848. The molecule has 0 spiro atoms. The molecular weight excluding hydrogens is 286 g/mol. The zero-order valence-electron chi connectivity index (χ0n) is 11.1. The Kier molecular flexibility index (Phi) is 3.84. The SMILES string of the molecule is O=C(Cl)OC(c1ccccc1)c1ccc2ccccc2n1. The van der Waals surface area contributed by atoms with Gasteiger partial charge in [0.2, 0.25) is 0 Å². The van der Waals surface area contributed by atoms with Crippen LogP contribution in [-0.4, -0.2) is 10.4 Å². The normalized spacial score (nSPS) is 12.0. The lowest BCUT2D eigenvalue weighted by molar-refractivity contribution is 0.140. The molecule has 0 saturated carbocycles. The zero-order valence-corrected chi connectivity index (χ0v) is 11.8. The van der Waals surface area contributed by atoms with E-state index >= 15 is 0 Å². The van der Waals surface area contributed by atoms with Gasteiger partial charge in [0.05, 0.1) is 11.2 Å². The van der Waals surface area contributed by atoms with Crippen molar-refractivity contribution in [3.05, 3.63) is 78.0 Å². The molecule has 1 unspecified atom stereocenters. The maximum Gasteiger partial charge on any atom is 0.404 e. The minimum absolute atomic E-state index is 0.610. The zero-order chi connectivity index (χ0) is 14.7. The third kappa shape index (κ3) is 3.03. The predicted octanol–water partition coefficient (Wildman–Crippen LogP) is 4.70. The van der Waals surface area contributed by atoms with Crippen LogP contribution in [0, 0.1) is 0 Å². The summed E-state index contributed by atoms with van der Waals surface area (Å²) in [7, 11) is 0. The molecule has 3 rings (SSSR count). The summed E-state index contributed by atoms with van der Waals surface area (Å²) >= 11 is 5.40. The van der Waals surface area contributed by atoms with Crippen molar-refractivity contribution < 1.29 is 9.53 Å². The second-order valence-electron chi connectivity index (χ2n) is 4.58. The van der Waals surface area contributed by atoms with Crippen molar-refractivity contribution in [1.82, 2.24) is 4.98 Å². The molecular formula is C17H12ClNO2. The van der Waals surface area contributed by atoms with Crippen molar-refractivity contribution in [2.45, 2.75) is 6.10 Å². The summed E-state index contributed by atoms with van der Waals surface area (Å²) in [6.07, 6.45) is -0.610. The highest BCUT2D eigenvalue weighted by atomic mass is 35.5. The Morgan fingerprint density at radius 3 is 2.43 bits per heavy atom. The largest absolute Gasteiger partial charge is 0.439 e. The summed E-state index contributed by atoms with van der Waals surface area (Å²) < 4.78 is 5.24. The quantitative estimate of drug-likeness (QED) is 0.658. The Hall–Kier alpha value is -2.39. The van der Waals surface area contributed by atoms with E-state index in [4.69, 9.17) is 16.3 Å². The molecule has 0 saturated heterocycles. The molecule has 3 nitrogen and oxygen atoms in total. The van der Waals surface area contributed by atoms with Crippen LogP contribution < -0.4 is 0 Å². The average molecular weight is 298 g/mol. The number of rotatable bonds is 3. The third-order valence-electron chi connectivity index (χ3n) is 3.20. The summed E-state index contributed by atoms with van der Waals surface area (Å²) in [5, 5.41) is 1.03. The summed E-state index contributed by atoms with van der Waals surface area (Å²) in [6.45, 7) is 0. The number of hydrogen-bond acceptors (Lipinski definition) is 3. The van der Waals surface area contributed by atoms with Crippen LogP contribution in [-0.2, 0) is 4.74 Å². The van der Waals surface area contributed by atoms with E-state index in [1.165, 1.54) is 0 Å². The maximum atomic E-state index is 11.2. The van der Waals surface area contributed by atoms with Gasteiger partial charge in [0.25, 0.3) is 0 Å². The fourth-order valence-electron chi connectivity index (χ4n) is 2.25. The first-order chi connectivity index (χ1) is 10.2. The first-order valence-electron chi connectivity index (χ1n) is 6.51. The number of fused-ring (bicyclic) bond motifs is 1. The topological polar surface area (TPSA) is 39.2 Å². The number of carbonyl (C=O) groups excluding carboxylic acids is 1. The van der Waals surface area contributed by atoms with E-state index in [1.807, 2.05) is 66.7 Å². The van der Waals surface area contributed by atoms with Crippen molar-refractivity contribution in [3.8, 4) is 0 Å². The first-order valence-corrected chi connectivity index (χ1v) is 6.88. The molecule has 1 heterocycles. The van der Waals surface area contributed by atoms with Gasteiger partial charge in [-0.2, -0.15) is 0 Å². The Bertz CT molecular complexity index is 774. The number of para-hydroxylation sites is 1. The second-order valence-corrected chi connectivity index (χ2v) is 4.88. The number of halogens is 1. The Morgan fingerprint density at radius 1 is 0.952 bits per heavy atom. The molecule has 3 aromatic rings. The molecule has 104 valence electrons. The molecule has 0 aliphatic carbocycles. The number of pyridine rings is 1. The maximum absolute atomic E-state index is 11.2. The van der Waals surface area contributed by atoms with Gasteiger partial charge in [0, 0.05) is 17.0 Å². The molecule has 0 aliphatic rings. The molecule has 0 N–H and O–H groups in total. The van der Waals surface area contributed by atoms with Gasteiger partial charge in [-0.15, -0.1) is 0 Å². The highest BCUT2D eigenvalue weighted by Gasteiger charge is 2.19. The molecule has 21 heavy (non-hydrogen) atoms. The van der Waals surface area contributed by atoms with Gasteiger partial charge in [-0.25, -0.2) is 9.78 Å². The van der Waals surface area contributed by atoms with E-state index in [0.717, 1.165) is 16.5 Å². The number of carbonyl (C=O) groups is 1. The second kappa shape index (κ2) is 5.94. The Balaban J connectivity index is 2.07. The lowest BCUT2D eigenvalue weighted by atomic mass is 10.0. The van der Waals surface area contributed by atoms with Crippen LogP contribution in [0.1, 0.15) is 17.4 Å². The number of nitrogens with zero attached hydrogens (tertiary/aromatic N) is 1. The van der Waals surface area contributed by atoms with Gasteiger partial charge in [0.1, 0.15) is 0 Å². The standard InChI is InChI=1S/C17H12ClNO2/c18-17(20)21-16(13-7-2-1-3-8-13)15-11-10-12-6-4-5-9-14(12)19-15/h1-11,16H. The van der Waals surface area contributed by atoms with E-state index in [0.29, 0.717) is 5.69 Å².